The molecular formula is C13H17BrN2O2. The van der Waals surface area contributed by atoms with Crippen molar-refractivity contribution < 1.29 is 4.92 Å². The molecule has 1 N–H and O–H groups in total. The lowest BCUT2D eigenvalue weighted by Crippen LogP contribution is -2.12. The summed E-state index contributed by atoms with van der Waals surface area (Å²) in [6, 6.07) is 5.13. The predicted octanol–water partition coefficient (Wildman–Crippen LogP) is 4.21. The van der Waals surface area contributed by atoms with Crippen LogP contribution in [0.4, 0.5) is 11.4 Å². The van der Waals surface area contributed by atoms with Gasteiger partial charge in [-0.3, -0.25) is 10.1 Å². The van der Waals surface area contributed by atoms with Crippen molar-refractivity contribution in [2.24, 2.45) is 11.8 Å². The van der Waals surface area contributed by atoms with E-state index in [0.29, 0.717) is 11.6 Å². The quantitative estimate of drug-likeness (QED) is 0.669. The number of rotatable bonds is 4. The van der Waals surface area contributed by atoms with Crippen molar-refractivity contribution in [3.8, 4) is 0 Å². The van der Waals surface area contributed by atoms with E-state index in [0.717, 1.165) is 16.9 Å². The number of hydrogen-bond donors (Lipinski definition) is 1. The molecule has 2 unspecified atom stereocenters. The molecule has 0 bridgehead atoms. The summed E-state index contributed by atoms with van der Waals surface area (Å²) in [5.41, 5.74) is 0.748. The van der Waals surface area contributed by atoms with Gasteiger partial charge < -0.3 is 5.32 Å². The van der Waals surface area contributed by atoms with Crippen LogP contribution >= 0.6 is 15.9 Å². The van der Waals surface area contributed by atoms with Gasteiger partial charge in [-0.1, -0.05) is 29.3 Å². The van der Waals surface area contributed by atoms with Crippen molar-refractivity contribution in [3.05, 3.63) is 32.8 Å². The van der Waals surface area contributed by atoms with Gasteiger partial charge >= 0.3 is 0 Å². The Morgan fingerprint density at radius 1 is 1.50 bits per heavy atom. The molecular weight excluding hydrogens is 296 g/mol. The maximum atomic E-state index is 11.0. The van der Waals surface area contributed by atoms with Crippen molar-refractivity contribution in [2.45, 2.75) is 26.2 Å². The lowest BCUT2D eigenvalue weighted by Gasteiger charge is -2.12. The van der Waals surface area contributed by atoms with Gasteiger partial charge in [0.15, 0.2) is 0 Å². The van der Waals surface area contributed by atoms with E-state index >= 15 is 0 Å². The molecule has 0 aromatic heterocycles. The topological polar surface area (TPSA) is 55.2 Å². The average molecular weight is 313 g/mol. The summed E-state index contributed by atoms with van der Waals surface area (Å²) in [6.07, 6.45) is 3.71. The third kappa shape index (κ3) is 3.22. The lowest BCUT2D eigenvalue weighted by molar-refractivity contribution is -0.384. The second-order valence-electron chi connectivity index (χ2n) is 5.08. The van der Waals surface area contributed by atoms with Crippen LogP contribution in [-0.4, -0.2) is 11.5 Å². The van der Waals surface area contributed by atoms with Gasteiger partial charge in [0.05, 0.1) is 4.92 Å². The van der Waals surface area contributed by atoms with Crippen LogP contribution < -0.4 is 5.32 Å². The average Bonchev–Trinajstić information content (AvgIpc) is 2.73. The Bertz CT molecular complexity index is 451. The molecule has 1 fully saturated rings. The van der Waals surface area contributed by atoms with Crippen LogP contribution in [0.15, 0.2) is 22.7 Å². The number of hydrogen-bond acceptors (Lipinski definition) is 3. The summed E-state index contributed by atoms with van der Waals surface area (Å²) in [4.78, 5) is 10.6. The van der Waals surface area contributed by atoms with Gasteiger partial charge in [0, 0.05) is 17.1 Å². The zero-order valence-electron chi connectivity index (χ0n) is 10.4. The summed E-state index contributed by atoms with van der Waals surface area (Å²) < 4.78 is 0.731. The smallest absolute Gasteiger partial charge is 0.293 e. The standard InChI is InChI=1S/C13H17BrN2O2/c1-9-2-3-10(6-9)8-15-12-5-4-11(14)7-13(12)16(17)18/h4-5,7,9-10,15H,2-3,6,8H2,1H3. The van der Waals surface area contributed by atoms with Crippen LogP contribution in [0.3, 0.4) is 0 Å². The van der Waals surface area contributed by atoms with Gasteiger partial charge in [-0.25, -0.2) is 0 Å². The Kier molecular flexibility index (Phi) is 4.22. The van der Waals surface area contributed by atoms with E-state index in [1.54, 1.807) is 12.1 Å². The second kappa shape index (κ2) is 5.69. The molecule has 1 aromatic carbocycles. The lowest BCUT2D eigenvalue weighted by atomic mass is 10.1. The minimum absolute atomic E-state index is 0.135. The molecule has 18 heavy (non-hydrogen) atoms. The SMILES string of the molecule is CC1CCC(CNc2ccc(Br)cc2[N+](=O)[O-])C1. The molecule has 0 amide bonds. The number of nitrogens with zero attached hydrogens (tertiary/aromatic N) is 1. The van der Waals surface area contributed by atoms with Gasteiger partial charge in [0.1, 0.15) is 5.69 Å². The third-order valence-electron chi connectivity index (χ3n) is 3.54. The van der Waals surface area contributed by atoms with Crippen LogP contribution in [0.5, 0.6) is 0 Å². The van der Waals surface area contributed by atoms with Crippen molar-refractivity contribution in [1.82, 2.24) is 0 Å². The summed E-state index contributed by atoms with van der Waals surface area (Å²) in [7, 11) is 0. The summed E-state index contributed by atoms with van der Waals surface area (Å²) >= 11 is 3.26. The Morgan fingerprint density at radius 3 is 2.89 bits per heavy atom. The van der Waals surface area contributed by atoms with E-state index in [2.05, 4.69) is 28.2 Å². The van der Waals surface area contributed by atoms with E-state index in [9.17, 15) is 10.1 Å². The number of benzene rings is 1. The Labute approximate surface area is 115 Å². The van der Waals surface area contributed by atoms with Crippen LogP contribution in [-0.2, 0) is 0 Å². The van der Waals surface area contributed by atoms with Gasteiger partial charge in [-0.2, -0.15) is 0 Å². The fourth-order valence-corrected chi connectivity index (χ4v) is 2.92. The molecule has 5 heteroatoms. The highest BCUT2D eigenvalue weighted by atomic mass is 79.9. The number of nitro benzene ring substituents is 1. The van der Waals surface area contributed by atoms with E-state index in [1.807, 2.05) is 6.07 Å². The molecule has 2 rings (SSSR count). The van der Waals surface area contributed by atoms with E-state index in [1.165, 1.54) is 19.3 Å². The fourth-order valence-electron chi connectivity index (χ4n) is 2.57. The molecule has 0 spiro atoms. The molecule has 0 radical (unpaired) electrons. The summed E-state index contributed by atoms with van der Waals surface area (Å²) in [5.74, 6) is 1.43. The number of nitrogens with one attached hydrogen (secondary N) is 1. The molecule has 2 atom stereocenters. The zero-order valence-corrected chi connectivity index (χ0v) is 11.9. The van der Waals surface area contributed by atoms with Gasteiger partial charge in [-0.05, 0) is 36.8 Å². The largest absolute Gasteiger partial charge is 0.379 e. The van der Waals surface area contributed by atoms with Crippen molar-refractivity contribution in [2.75, 3.05) is 11.9 Å². The minimum atomic E-state index is -0.343. The molecule has 0 saturated heterocycles. The van der Waals surface area contributed by atoms with E-state index in [4.69, 9.17) is 0 Å². The first kappa shape index (κ1) is 13.3. The highest BCUT2D eigenvalue weighted by molar-refractivity contribution is 9.10. The normalized spacial score (nSPS) is 23.0. The zero-order chi connectivity index (χ0) is 13.1. The van der Waals surface area contributed by atoms with E-state index in [-0.39, 0.29) is 10.6 Å². The van der Waals surface area contributed by atoms with Crippen LogP contribution in [0.25, 0.3) is 0 Å². The molecule has 1 aliphatic rings. The van der Waals surface area contributed by atoms with Gasteiger partial charge in [-0.15, -0.1) is 0 Å². The first-order valence-electron chi connectivity index (χ1n) is 6.24. The molecule has 0 aliphatic heterocycles. The molecule has 1 aliphatic carbocycles. The maximum Gasteiger partial charge on any atom is 0.293 e. The summed E-state index contributed by atoms with van der Waals surface area (Å²) in [5, 5.41) is 14.2. The first-order chi connectivity index (χ1) is 8.56. The monoisotopic (exact) mass is 312 g/mol. The van der Waals surface area contributed by atoms with E-state index < -0.39 is 0 Å². The Morgan fingerprint density at radius 2 is 2.28 bits per heavy atom. The number of anilines is 1. The Hall–Kier alpha value is -1.10. The molecule has 0 heterocycles. The Balaban J connectivity index is 2.02. The van der Waals surface area contributed by atoms with Crippen LogP contribution in [0.1, 0.15) is 26.2 Å². The number of halogens is 1. The van der Waals surface area contributed by atoms with Crippen LogP contribution in [0.2, 0.25) is 0 Å². The summed E-state index contributed by atoms with van der Waals surface area (Å²) in [6.45, 7) is 3.09. The highest BCUT2D eigenvalue weighted by Crippen LogP contribution is 2.32. The molecule has 1 aromatic rings. The van der Waals surface area contributed by atoms with Gasteiger partial charge in [0.2, 0.25) is 0 Å². The molecule has 98 valence electrons. The fraction of sp³-hybridized carbons (Fsp3) is 0.538. The van der Waals surface area contributed by atoms with Crippen molar-refractivity contribution >= 4 is 27.3 Å². The first-order valence-corrected chi connectivity index (χ1v) is 7.03. The third-order valence-corrected chi connectivity index (χ3v) is 4.03. The maximum absolute atomic E-state index is 11.0. The minimum Gasteiger partial charge on any atom is -0.379 e. The molecule has 4 nitrogen and oxygen atoms in total. The van der Waals surface area contributed by atoms with Crippen molar-refractivity contribution in [1.29, 1.82) is 0 Å². The second-order valence-corrected chi connectivity index (χ2v) is 6.00. The van der Waals surface area contributed by atoms with Gasteiger partial charge in [0.25, 0.3) is 5.69 Å². The van der Waals surface area contributed by atoms with Crippen LogP contribution in [0, 0.1) is 22.0 Å². The predicted molar refractivity (Wildman–Crippen MR) is 75.8 cm³/mol. The molecule has 1 saturated carbocycles. The highest BCUT2D eigenvalue weighted by Gasteiger charge is 2.22. The van der Waals surface area contributed by atoms with Crippen molar-refractivity contribution in [3.63, 3.8) is 0 Å². The number of nitro groups is 1.